The summed E-state index contributed by atoms with van der Waals surface area (Å²) in [6, 6.07) is 19.2. The minimum Gasteiger partial charge on any atom is -0.374 e. The minimum atomic E-state index is -1.02. The van der Waals surface area contributed by atoms with Crippen LogP contribution in [0.4, 0.5) is 0 Å². The van der Waals surface area contributed by atoms with Gasteiger partial charge in [0.1, 0.15) is 6.17 Å². The molecule has 0 fully saturated rings. The summed E-state index contributed by atoms with van der Waals surface area (Å²) in [6.45, 7) is 0.800. The Morgan fingerprint density at radius 2 is 1.32 bits per heavy atom. The zero-order valence-electron chi connectivity index (χ0n) is 13.5. The largest absolute Gasteiger partial charge is 0.374 e. The second kappa shape index (κ2) is 10.7. The number of ether oxygens (including phenoxy) is 2. The van der Waals surface area contributed by atoms with Gasteiger partial charge in [-0.2, -0.15) is 0 Å². The fourth-order valence-electron chi connectivity index (χ4n) is 2.14. The average Bonchev–Trinajstić information content (AvgIpc) is 2.66. The first-order valence-electron chi connectivity index (χ1n) is 7.69. The maximum absolute atomic E-state index is 8.68. The lowest BCUT2D eigenvalue weighted by Gasteiger charge is -2.21. The van der Waals surface area contributed by atoms with Crippen molar-refractivity contribution in [1.29, 1.82) is 0 Å². The predicted octanol–water partition coefficient (Wildman–Crippen LogP) is 4.74. The molecule has 1 atom stereocenters. The van der Waals surface area contributed by atoms with Gasteiger partial charge in [-0.25, -0.2) is 0 Å². The van der Waals surface area contributed by atoms with Crippen molar-refractivity contribution in [2.75, 3.05) is 6.61 Å². The molecule has 0 bridgehead atoms. The number of hydrogen-bond acceptors (Lipinski definition) is 4. The van der Waals surface area contributed by atoms with Crippen LogP contribution in [0, 0.1) is 0 Å². The van der Waals surface area contributed by atoms with E-state index in [4.69, 9.17) is 20.5 Å². The Bertz CT molecular complexity index is 709. The summed E-state index contributed by atoms with van der Waals surface area (Å²) in [5.74, 6) is 0. The number of azide groups is 1. The van der Waals surface area contributed by atoms with Crippen molar-refractivity contribution in [3.05, 3.63) is 92.7 Å². The molecule has 0 amide bonds. The second-order valence-electron chi connectivity index (χ2n) is 5.16. The van der Waals surface area contributed by atoms with E-state index in [1.54, 1.807) is 0 Å². The number of hydrogen-bond donors (Lipinski definition) is 0. The molecule has 0 aliphatic heterocycles. The molecule has 2 rings (SSSR count). The Balaban J connectivity index is 1.99. The quantitative estimate of drug-likeness (QED) is 0.353. The van der Waals surface area contributed by atoms with Gasteiger partial charge in [0.05, 0.1) is 25.9 Å². The van der Waals surface area contributed by atoms with Crippen molar-refractivity contribution < 1.29 is 9.47 Å². The van der Waals surface area contributed by atoms with E-state index in [9.17, 15) is 0 Å². The molecule has 0 saturated heterocycles. The molecule has 0 saturated carbocycles. The van der Waals surface area contributed by atoms with Gasteiger partial charge in [0.2, 0.25) is 0 Å². The van der Waals surface area contributed by atoms with Crippen LogP contribution in [0.25, 0.3) is 20.9 Å². The molecular weight excluding hydrogens is 320 g/mol. The fourth-order valence-corrected chi connectivity index (χ4v) is 2.14. The second-order valence-corrected chi connectivity index (χ2v) is 5.16. The van der Waals surface area contributed by atoms with E-state index in [2.05, 4.69) is 20.1 Å². The van der Waals surface area contributed by atoms with Crippen LogP contribution < -0.4 is 0 Å². The lowest BCUT2D eigenvalue weighted by Crippen LogP contribution is -2.30. The van der Waals surface area contributed by atoms with Gasteiger partial charge in [-0.05, 0) is 22.2 Å². The SMILES string of the molecule is [N-]=[N+]=NC(N=[N+]=[N-])C(COCc1ccccc1)OCc1ccccc1. The molecule has 8 heteroatoms. The molecule has 25 heavy (non-hydrogen) atoms. The van der Waals surface area contributed by atoms with Crippen molar-refractivity contribution in [2.45, 2.75) is 25.5 Å². The zero-order chi connectivity index (χ0) is 17.7. The van der Waals surface area contributed by atoms with Crippen molar-refractivity contribution in [2.24, 2.45) is 10.2 Å². The van der Waals surface area contributed by atoms with Crippen LogP contribution in [0.2, 0.25) is 0 Å². The van der Waals surface area contributed by atoms with Crippen LogP contribution in [0.1, 0.15) is 11.1 Å². The third-order valence-electron chi connectivity index (χ3n) is 3.37. The Labute approximate surface area is 145 Å². The Morgan fingerprint density at radius 3 is 1.84 bits per heavy atom. The van der Waals surface area contributed by atoms with E-state index in [1.807, 2.05) is 60.7 Å². The number of benzene rings is 2. The highest BCUT2D eigenvalue weighted by atomic mass is 16.5. The molecule has 2 aromatic carbocycles. The molecule has 0 aliphatic rings. The van der Waals surface area contributed by atoms with E-state index in [-0.39, 0.29) is 6.61 Å². The number of nitrogens with zero attached hydrogens (tertiary/aromatic N) is 6. The third kappa shape index (κ3) is 6.55. The summed E-state index contributed by atoms with van der Waals surface area (Å²) in [5.41, 5.74) is 19.3. The van der Waals surface area contributed by atoms with Gasteiger partial charge in [0.15, 0.2) is 0 Å². The van der Waals surface area contributed by atoms with Gasteiger partial charge in [-0.15, -0.1) is 0 Å². The highest BCUT2D eigenvalue weighted by molar-refractivity contribution is 5.14. The molecule has 0 N–H and O–H groups in total. The first kappa shape index (κ1) is 18.3. The molecule has 0 aromatic heterocycles. The lowest BCUT2D eigenvalue weighted by molar-refractivity contribution is -0.0403. The van der Waals surface area contributed by atoms with Crippen LogP contribution in [0.15, 0.2) is 70.9 Å². The summed E-state index contributed by atoms with van der Waals surface area (Å²) in [7, 11) is 0. The molecule has 8 nitrogen and oxygen atoms in total. The average molecular weight is 338 g/mol. The molecule has 2 aromatic rings. The van der Waals surface area contributed by atoms with Gasteiger partial charge in [-0.1, -0.05) is 70.9 Å². The molecular formula is C17H18N6O2. The molecule has 128 valence electrons. The van der Waals surface area contributed by atoms with E-state index >= 15 is 0 Å². The first-order chi connectivity index (χ1) is 12.3. The molecule has 0 spiro atoms. The maximum atomic E-state index is 8.68. The summed E-state index contributed by atoms with van der Waals surface area (Å²) >= 11 is 0. The smallest absolute Gasteiger partial charge is 0.144 e. The number of rotatable bonds is 10. The standard InChI is InChI=1S/C17H18N6O2/c18-22-20-17(21-23-19)16(25-12-15-9-5-2-6-10-15)13-24-11-14-7-3-1-4-8-14/h1-10,16-17H,11-13H2. The van der Waals surface area contributed by atoms with E-state index in [0.29, 0.717) is 13.2 Å². The minimum absolute atomic E-state index is 0.129. The van der Waals surface area contributed by atoms with Crippen molar-refractivity contribution in [1.82, 2.24) is 0 Å². The van der Waals surface area contributed by atoms with Gasteiger partial charge >= 0.3 is 0 Å². The normalized spacial score (nSPS) is 12.5. The third-order valence-corrected chi connectivity index (χ3v) is 3.37. The van der Waals surface area contributed by atoms with Gasteiger partial charge in [-0.3, -0.25) is 0 Å². The van der Waals surface area contributed by atoms with Gasteiger partial charge < -0.3 is 9.47 Å². The first-order valence-corrected chi connectivity index (χ1v) is 7.69. The maximum Gasteiger partial charge on any atom is 0.144 e. The van der Waals surface area contributed by atoms with E-state index in [1.165, 1.54) is 0 Å². The Kier molecular flexibility index (Phi) is 7.84. The Morgan fingerprint density at radius 1 is 0.800 bits per heavy atom. The lowest BCUT2D eigenvalue weighted by atomic mass is 10.2. The van der Waals surface area contributed by atoms with Crippen LogP contribution in [-0.4, -0.2) is 18.9 Å². The zero-order valence-corrected chi connectivity index (χ0v) is 13.5. The summed E-state index contributed by atoms with van der Waals surface area (Å²) in [5, 5.41) is 7.01. The topological polar surface area (TPSA) is 116 Å². The van der Waals surface area contributed by atoms with Crippen molar-refractivity contribution in [3.8, 4) is 0 Å². The van der Waals surface area contributed by atoms with Crippen molar-refractivity contribution >= 4 is 0 Å². The van der Waals surface area contributed by atoms with E-state index in [0.717, 1.165) is 11.1 Å². The van der Waals surface area contributed by atoms with E-state index < -0.39 is 12.3 Å². The summed E-state index contributed by atoms with van der Waals surface area (Å²) < 4.78 is 11.4. The molecule has 0 aliphatic carbocycles. The summed E-state index contributed by atoms with van der Waals surface area (Å²) in [4.78, 5) is 5.44. The van der Waals surface area contributed by atoms with Crippen LogP contribution in [-0.2, 0) is 22.7 Å². The van der Waals surface area contributed by atoms with Gasteiger partial charge in [0, 0.05) is 9.82 Å². The van der Waals surface area contributed by atoms with Crippen LogP contribution in [0.3, 0.4) is 0 Å². The predicted molar refractivity (Wildman–Crippen MR) is 93.2 cm³/mol. The molecule has 0 heterocycles. The molecule has 1 unspecified atom stereocenters. The highest BCUT2D eigenvalue weighted by Gasteiger charge is 2.20. The highest BCUT2D eigenvalue weighted by Crippen LogP contribution is 2.13. The monoisotopic (exact) mass is 338 g/mol. The van der Waals surface area contributed by atoms with Crippen molar-refractivity contribution in [3.63, 3.8) is 0 Å². The molecule has 0 radical (unpaired) electrons. The fraction of sp³-hybridized carbons (Fsp3) is 0.294. The summed E-state index contributed by atoms with van der Waals surface area (Å²) in [6.07, 6.45) is -1.70. The van der Waals surface area contributed by atoms with Crippen LogP contribution in [0.5, 0.6) is 0 Å². The van der Waals surface area contributed by atoms with Crippen LogP contribution >= 0.6 is 0 Å². The Hall–Kier alpha value is -3.02. The van der Waals surface area contributed by atoms with Gasteiger partial charge in [0.25, 0.3) is 0 Å².